The molecule has 1 saturated heterocycles. The van der Waals surface area contributed by atoms with Crippen molar-refractivity contribution in [2.45, 2.75) is 20.5 Å². The number of nitrogens with zero attached hydrogens (tertiary/aromatic N) is 2. The van der Waals surface area contributed by atoms with Crippen LogP contribution in [0.1, 0.15) is 22.3 Å². The summed E-state index contributed by atoms with van der Waals surface area (Å²) >= 11 is 0.796. The molecule has 4 rings (SSSR count). The number of hydrogen-bond acceptors (Lipinski definition) is 7. The Hall–Kier alpha value is -4.11. The predicted molar refractivity (Wildman–Crippen MR) is 139 cm³/mol. The van der Waals surface area contributed by atoms with Crippen LogP contribution in [0.4, 0.5) is 10.5 Å². The first-order valence-corrected chi connectivity index (χ1v) is 12.0. The van der Waals surface area contributed by atoms with Gasteiger partial charge in [-0.1, -0.05) is 18.2 Å². The molecule has 36 heavy (non-hydrogen) atoms. The van der Waals surface area contributed by atoms with Crippen molar-refractivity contribution < 1.29 is 23.9 Å². The molecule has 3 amide bonds. The van der Waals surface area contributed by atoms with Crippen LogP contribution in [0, 0.1) is 13.8 Å². The van der Waals surface area contributed by atoms with E-state index in [1.807, 2.05) is 38.1 Å². The average Bonchev–Trinajstić information content (AvgIpc) is 3.13. The molecule has 0 atom stereocenters. The van der Waals surface area contributed by atoms with E-state index in [0.29, 0.717) is 29.4 Å². The lowest BCUT2D eigenvalue weighted by Crippen LogP contribution is -2.36. The monoisotopic (exact) mass is 503 g/mol. The van der Waals surface area contributed by atoms with Crippen LogP contribution in [-0.2, 0) is 16.2 Å². The summed E-state index contributed by atoms with van der Waals surface area (Å²) in [6.07, 6.45) is 4.99. The summed E-state index contributed by atoms with van der Waals surface area (Å²) < 4.78 is 11.3. The molecule has 0 radical (unpaired) electrons. The Morgan fingerprint density at radius 3 is 2.61 bits per heavy atom. The van der Waals surface area contributed by atoms with E-state index in [2.05, 4.69) is 10.3 Å². The molecule has 0 unspecified atom stereocenters. The molecule has 1 aliphatic rings. The first-order chi connectivity index (χ1) is 17.4. The number of thioether (sulfide) groups is 1. The molecule has 0 aliphatic carbocycles. The van der Waals surface area contributed by atoms with Gasteiger partial charge in [0.1, 0.15) is 13.2 Å². The number of benzene rings is 2. The molecule has 2 aromatic carbocycles. The Kier molecular flexibility index (Phi) is 7.70. The van der Waals surface area contributed by atoms with Crippen molar-refractivity contribution in [3.8, 4) is 11.5 Å². The van der Waals surface area contributed by atoms with Gasteiger partial charge in [-0.05, 0) is 84.3 Å². The quantitative estimate of drug-likeness (QED) is 0.434. The summed E-state index contributed by atoms with van der Waals surface area (Å²) in [5.74, 6) is 0.0790. The molecule has 0 spiro atoms. The lowest BCUT2D eigenvalue weighted by Gasteiger charge is -2.14. The second kappa shape index (κ2) is 11.1. The highest BCUT2D eigenvalue weighted by Gasteiger charge is 2.36. The summed E-state index contributed by atoms with van der Waals surface area (Å²) in [4.78, 5) is 43.1. The zero-order chi connectivity index (χ0) is 25.7. The van der Waals surface area contributed by atoms with E-state index in [4.69, 9.17) is 9.47 Å². The highest BCUT2D eigenvalue weighted by atomic mass is 32.2. The van der Waals surface area contributed by atoms with Gasteiger partial charge in [0.15, 0.2) is 11.5 Å². The number of amides is 3. The maximum atomic E-state index is 12.9. The fourth-order valence-electron chi connectivity index (χ4n) is 3.54. The van der Waals surface area contributed by atoms with Gasteiger partial charge in [-0.3, -0.25) is 24.3 Å². The topological polar surface area (TPSA) is 97.8 Å². The molecule has 1 N–H and O–H groups in total. The third-order valence-electron chi connectivity index (χ3n) is 5.68. The molecule has 1 fully saturated rings. The number of carbonyl (C=O) groups excluding carboxylic acids is 3. The van der Waals surface area contributed by atoms with Crippen molar-refractivity contribution in [2.75, 3.05) is 19.0 Å². The Morgan fingerprint density at radius 1 is 1.08 bits per heavy atom. The first kappa shape index (κ1) is 25.0. The second-order valence-electron chi connectivity index (χ2n) is 8.12. The van der Waals surface area contributed by atoms with Gasteiger partial charge in [0, 0.05) is 18.1 Å². The van der Waals surface area contributed by atoms with Gasteiger partial charge in [-0.15, -0.1) is 0 Å². The normalized spacial score (nSPS) is 14.3. The van der Waals surface area contributed by atoms with Crippen molar-refractivity contribution in [1.82, 2.24) is 9.88 Å². The van der Waals surface area contributed by atoms with E-state index in [1.165, 1.54) is 7.11 Å². The van der Waals surface area contributed by atoms with E-state index in [9.17, 15) is 14.4 Å². The molecule has 8 nitrogen and oxygen atoms in total. The summed E-state index contributed by atoms with van der Waals surface area (Å²) in [5, 5.41) is 2.29. The number of anilines is 1. The standard InChI is InChI=1S/C27H25N3O5S/c1-17-5-4-6-21(18(17)2)29-25(31)15-30-26(32)24(36-27(30)33)14-20-7-8-22(23(13-20)34-3)35-16-19-9-11-28-12-10-19/h4-14H,15-16H2,1-3H3,(H,29,31)/b24-14+. The molecule has 1 aliphatic heterocycles. The van der Waals surface area contributed by atoms with Crippen LogP contribution >= 0.6 is 11.8 Å². The van der Waals surface area contributed by atoms with Gasteiger partial charge >= 0.3 is 0 Å². The molecular formula is C27H25N3O5S. The molecule has 2 heterocycles. The van der Waals surface area contributed by atoms with Crippen LogP contribution in [0.15, 0.2) is 65.8 Å². The lowest BCUT2D eigenvalue weighted by molar-refractivity contribution is -0.127. The van der Waals surface area contributed by atoms with E-state index in [0.717, 1.165) is 33.4 Å². The van der Waals surface area contributed by atoms with Crippen LogP contribution in [0.3, 0.4) is 0 Å². The van der Waals surface area contributed by atoms with Crippen LogP contribution in [-0.4, -0.2) is 40.6 Å². The molecule has 0 bridgehead atoms. The fraction of sp³-hybridized carbons (Fsp3) is 0.185. The third kappa shape index (κ3) is 5.75. The predicted octanol–water partition coefficient (Wildman–Crippen LogP) is 4.96. The van der Waals surface area contributed by atoms with Crippen molar-refractivity contribution in [2.24, 2.45) is 0 Å². The van der Waals surface area contributed by atoms with E-state index >= 15 is 0 Å². The highest BCUT2D eigenvalue weighted by Crippen LogP contribution is 2.34. The van der Waals surface area contributed by atoms with Gasteiger partial charge in [-0.2, -0.15) is 0 Å². The summed E-state index contributed by atoms with van der Waals surface area (Å²) in [7, 11) is 1.53. The molecule has 184 valence electrons. The Morgan fingerprint density at radius 2 is 1.86 bits per heavy atom. The van der Waals surface area contributed by atoms with E-state index < -0.39 is 17.1 Å². The zero-order valence-corrected chi connectivity index (χ0v) is 20.9. The number of pyridine rings is 1. The maximum absolute atomic E-state index is 12.9. The van der Waals surface area contributed by atoms with Gasteiger partial charge in [0.05, 0.1) is 12.0 Å². The van der Waals surface area contributed by atoms with Crippen molar-refractivity contribution in [3.63, 3.8) is 0 Å². The Balaban J connectivity index is 1.43. The van der Waals surface area contributed by atoms with Gasteiger partial charge in [-0.25, -0.2) is 0 Å². The lowest BCUT2D eigenvalue weighted by atomic mass is 10.1. The minimum absolute atomic E-state index is 0.229. The number of imide groups is 1. The largest absolute Gasteiger partial charge is 0.493 e. The number of nitrogens with one attached hydrogen (secondary N) is 1. The minimum Gasteiger partial charge on any atom is -0.493 e. The van der Waals surface area contributed by atoms with Crippen molar-refractivity contribution >= 4 is 40.6 Å². The molecule has 0 saturated carbocycles. The summed E-state index contributed by atoms with van der Waals surface area (Å²) in [5.41, 5.74) is 4.24. The number of aryl methyl sites for hydroxylation is 1. The smallest absolute Gasteiger partial charge is 0.294 e. The highest BCUT2D eigenvalue weighted by molar-refractivity contribution is 8.18. The SMILES string of the molecule is COc1cc(/C=C2/SC(=O)N(CC(=O)Nc3cccc(C)c3C)C2=O)ccc1OCc1ccncc1. The van der Waals surface area contributed by atoms with Gasteiger partial charge in [0.2, 0.25) is 5.91 Å². The second-order valence-corrected chi connectivity index (χ2v) is 9.11. The number of methoxy groups -OCH3 is 1. The number of rotatable bonds is 8. The molecular weight excluding hydrogens is 478 g/mol. The zero-order valence-electron chi connectivity index (χ0n) is 20.1. The summed E-state index contributed by atoms with van der Waals surface area (Å²) in [6.45, 7) is 3.83. The van der Waals surface area contributed by atoms with Crippen LogP contribution < -0.4 is 14.8 Å². The number of carbonyl (C=O) groups is 3. The molecule has 3 aromatic rings. The average molecular weight is 504 g/mol. The third-order valence-corrected chi connectivity index (χ3v) is 6.59. The Labute approximate surface area is 213 Å². The molecule has 9 heteroatoms. The fourth-order valence-corrected chi connectivity index (χ4v) is 4.38. The first-order valence-electron chi connectivity index (χ1n) is 11.2. The van der Waals surface area contributed by atoms with E-state index in [1.54, 1.807) is 42.7 Å². The number of hydrogen-bond donors (Lipinski definition) is 1. The summed E-state index contributed by atoms with van der Waals surface area (Å²) in [6, 6.07) is 14.5. The molecule has 1 aromatic heterocycles. The van der Waals surface area contributed by atoms with Crippen molar-refractivity contribution in [3.05, 3.63) is 88.1 Å². The number of ether oxygens (including phenoxy) is 2. The van der Waals surface area contributed by atoms with Crippen molar-refractivity contribution in [1.29, 1.82) is 0 Å². The Bertz CT molecular complexity index is 1340. The number of aromatic nitrogens is 1. The van der Waals surface area contributed by atoms with Crippen LogP contribution in [0.2, 0.25) is 0 Å². The van der Waals surface area contributed by atoms with Gasteiger partial charge in [0.25, 0.3) is 11.1 Å². The van der Waals surface area contributed by atoms with Crippen LogP contribution in [0.25, 0.3) is 6.08 Å². The van der Waals surface area contributed by atoms with E-state index in [-0.39, 0.29) is 11.4 Å². The van der Waals surface area contributed by atoms with Crippen LogP contribution in [0.5, 0.6) is 11.5 Å². The van der Waals surface area contributed by atoms with Gasteiger partial charge < -0.3 is 14.8 Å². The minimum atomic E-state index is -0.516. The maximum Gasteiger partial charge on any atom is 0.294 e.